The Kier molecular flexibility index (Phi) is 3.54. The summed E-state index contributed by atoms with van der Waals surface area (Å²) in [5.74, 6) is 1.01. The van der Waals surface area contributed by atoms with Crippen LogP contribution in [0.15, 0.2) is 34.9 Å². The smallest absolute Gasteiger partial charge is 0.233 e. The van der Waals surface area contributed by atoms with E-state index in [0.29, 0.717) is 22.3 Å². The van der Waals surface area contributed by atoms with Gasteiger partial charge < -0.3 is 10.5 Å². The van der Waals surface area contributed by atoms with Gasteiger partial charge in [-0.15, -0.1) is 0 Å². The molecule has 0 radical (unpaired) electrons. The van der Waals surface area contributed by atoms with Crippen molar-refractivity contribution in [3.63, 3.8) is 0 Å². The van der Waals surface area contributed by atoms with Crippen molar-refractivity contribution in [1.82, 2.24) is 4.98 Å². The Morgan fingerprint density at radius 1 is 1.35 bits per heavy atom. The molecule has 0 atom stereocenters. The van der Waals surface area contributed by atoms with E-state index in [9.17, 15) is 0 Å². The molecule has 2 N–H and O–H groups in total. The van der Waals surface area contributed by atoms with Crippen molar-refractivity contribution < 1.29 is 4.74 Å². The molecule has 5 heteroatoms. The van der Waals surface area contributed by atoms with Crippen LogP contribution >= 0.6 is 27.5 Å². The summed E-state index contributed by atoms with van der Waals surface area (Å²) in [5, 5.41) is 0.575. The molecule has 0 saturated carbocycles. The average Bonchev–Trinajstić information content (AvgIpc) is 2.25. The van der Waals surface area contributed by atoms with Crippen LogP contribution in [-0.4, -0.2) is 4.98 Å². The van der Waals surface area contributed by atoms with E-state index in [1.54, 1.807) is 24.4 Å². The highest BCUT2D eigenvalue weighted by Crippen LogP contribution is 2.32. The minimum Gasteiger partial charge on any atom is -0.436 e. The van der Waals surface area contributed by atoms with E-state index >= 15 is 0 Å². The van der Waals surface area contributed by atoms with Crippen molar-refractivity contribution in [2.75, 3.05) is 5.73 Å². The molecule has 17 heavy (non-hydrogen) atoms. The molecule has 2 aromatic rings. The van der Waals surface area contributed by atoms with Crippen LogP contribution < -0.4 is 10.5 Å². The lowest BCUT2D eigenvalue weighted by Crippen LogP contribution is -1.94. The van der Waals surface area contributed by atoms with Gasteiger partial charge in [0.15, 0.2) is 5.75 Å². The second kappa shape index (κ2) is 4.94. The number of hydrogen-bond acceptors (Lipinski definition) is 3. The van der Waals surface area contributed by atoms with E-state index in [1.165, 1.54) is 0 Å². The minimum absolute atomic E-state index is 0.477. The van der Waals surface area contributed by atoms with E-state index in [-0.39, 0.29) is 0 Å². The zero-order chi connectivity index (χ0) is 12.4. The zero-order valence-electron chi connectivity index (χ0n) is 9.08. The van der Waals surface area contributed by atoms with Gasteiger partial charge in [-0.3, -0.25) is 0 Å². The maximum absolute atomic E-state index is 5.81. The molecule has 0 unspecified atom stereocenters. The molecule has 3 nitrogen and oxygen atoms in total. The van der Waals surface area contributed by atoms with Gasteiger partial charge in [-0.05, 0) is 52.7 Å². The lowest BCUT2D eigenvalue weighted by Gasteiger charge is -2.09. The van der Waals surface area contributed by atoms with Gasteiger partial charge in [0.2, 0.25) is 5.88 Å². The summed E-state index contributed by atoms with van der Waals surface area (Å²) in [6.07, 6.45) is 1.73. The van der Waals surface area contributed by atoms with E-state index < -0.39 is 0 Å². The second-order valence-electron chi connectivity index (χ2n) is 3.58. The maximum Gasteiger partial charge on any atom is 0.233 e. The first-order valence-corrected chi connectivity index (χ1v) is 6.08. The summed E-state index contributed by atoms with van der Waals surface area (Å²) in [4.78, 5) is 4.18. The molecule has 2 rings (SSSR count). The van der Waals surface area contributed by atoms with Gasteiger partial charge in [0.1, 0.15) is 0 Å². The summed E-state index contributed by atoms with van der Waals surface area (Å²) in [6.45, 7) is 1.96. The van der Waals surface area contributed by atoms with Gasteiger partial charge in [-0.1, -0.05) is 11.6 Å². The number of nitrogen functional groups attached to an aromatic ring is 1. The molecule has 0 aliphatic carbocycles. The molecular weight excluding hydrogens is 304 g/mol. The van der Waals surface area contributed by atoms with E-state index in [1.807, 2.05) is 13.0 Å². The van der Waals surface area contributed by atoms with Gasteiger partial charge in [-0.2, -0.15) is 0 Å². The number of pyridine rings is 1. The normalized spacial score (nSPS) is 10.3. The van der Waals surface area contributed by atoms with Gasteiger partial charge in [0.05, 0.1) is 10.2 Å². The number of ether oxygens (including phenoxy) is 1. The Bertz CT molecular complexity index is 511. The van der Waals surface area contributed by atoms with Crippen LogP contribution in [0.2, 0.25) is 5.02 Å². The number of nitrogens with two attached hydrogens (primary N) is 1. The molecule has 0 spiro atoms. The lowest BCUT2D eigenvalue weighted by atomic mass is 10.3. The summed E-state index contributed by atoms with van der Waals surface area (Å²) in [7, 11) is 0. The fourth-order valence-corrected chi connectivity index (χ4v) is 2.04. The van der Waals surface area contributed by atoms with Gasteiger partial charge in [-0.25, -0.2) is 4.98 Å². The molecule has 0 fully saturated rings. The van der Waals surface area contributed by atoms with E-state index in [0.717, 1.165) is 10.0 Å². The van der Waals surface area contributed by atoms with Crippen LogP contribution in [0, 0.1) is 6.92 Å². The molecule has 0 aliphatic rings. The number of nitrogens with zero attached hydrogens (tertiary/aromatic N) is 1. The first kappa shape index (κ1) is 12.2. The predicted octanol–water partition coefficient (Wildman–Crippen LogP) is 4.18. The van der Waals surface area contributed by atoms with Crippen molar-refractivity contribution >= 4 is 33.2 Å². The molecule has 1 heterocycles. The van der Waals surface area contributed by atoms with Crippen LogP contribution in [0.5, 0.6) is 11.6 Å². The second-order valence-corrected chi connectivity index (χ2v) is 4.87. The molecule has 0 bridgehead atoms. The summed E-state index contributed by atoms with van der Waals surface area (Å²) in [5.41, 5.74) is 7.32. The van der Waals surface area contributed by atoms with Crippen LogP contribution in [0.4, 0.5) is 5.69 Å². The maximum atomic E-state index is 5.81. The number of rotatable bonds is 2. The first-order valence-electron chi connectivity index (χ1n) is 4.91. The molecular formula is C12H10BrClN2O. The highest BCUT2D eigenvalue weighted by Gasteiger charge is 2.07. The minimum atomic E-state index is 0.477. The lowest BCUT2D eigenvalue weighted by molar-refractivity contribution is 0.461. The molecule has 1 aromatic heterocycles. The monoisotopic (exact) mass is 312 g/mol. The van der Waals surface area contributed by atoms with Gasteiger partial charge in [0, 0.05) is 11.2 Å². The molecule has 88 valence electrons. The quantitative estimate of drug-likeness (QED) is 0.846. The van der Waals surface area contributed by atoms with Crippen molar-refractivity contribution in [2.45, 2.75) is 6.92 Å². The van der Waals surface area contributed by atoms with E-state index in [2.05, 4.69) is 20.9 Å². The molecule has 1 aromatic carbocycles. The highest BCUT2D eigenvalue weighted by molar-refractivity contribution is 9.10. The fraction of sp³-hybridized carbons (Fsp3) is 0.0833. The average molecular weight is 314 g/mol. The van der Waals surface area contributed by atoms with Crippen LogP contribution in [0.25, 0.3) is 0 Å². The standard InChI is InChI=1S/C12H10BrClN2O/c1-7-4-9(13)12(16-6-7)17-11-3-2-8(14)5-10(11)15/h2-6H,15H2,1H3. The SMILES string of the molecule is Cc1cnc(Oc2ccc(Cl)cc2N)c(Br)c1. The topological polar surface area (TPSA) is 48.1 Å². The number of hydrogen-bond donors (Lipinski definition) is 1. The summed E-state index contributed by atoms with van der Waals surface area (Å²) < 4.78 is 6.39. The Labute approximate surface area is 113 Å². The third kappa shape index (κ3) is 2.90. The van der Waals surface area contributed by atoms with Crippen LogP contribution in [0.3, 0.4) is 0 Å². The van der Waals surface area contributed by atoms with Crippen LogP contribution in [-0.2, 0) is 0 Å². The molecule has 0 aliphatic heterocycles. The first-order chi connectivity index (χ1) is 8.06. The highest BCUT2D eigenvalue weighted by atomic mass is 79.9. The molecule has 0 saturated heterocycles. The Hall–Kier alpha value is -1.26. The van der Waals surface area contributed by atoms with Crippen molar-refractivity contribution in [1.29, 1.82) is 0 Å². The number of aromatic nitrogens is 1. The number of anilines is 1. The van der Waals surface area contributed by atoms with Crippen molar-refractivity contribution in [3.05, 3.63) is 45.5 Å². The number of benzene rings is 1. The fourth-order valence-electron chi connectivity index (χ4n) is 1.31. The summed E-state index contributed by atoms with van der Waals surface area (Å²) in [6, 6.07) is 6.99. The largest absolute Gasteiger partial charge is 0.436 e. The van der Waals surface area contributed by atoms with Crippen molar-refractivity contribution in [3.8, 4) is 11.6 Å². The summed E-state index contributed by atoms with van der Waals surface area (Å²) >= 11 is 9.20. The Balaban J connectivity index is 2.31. The van der Waals surface area contributed by atoms with Gasteiger partial charge >= 0.3 is 0 Å². The third-order valence-corrected chi connectivity index (χ3v) is 2.93. The number of aryl methyl sites for hydroxylation is 1. The van der Waals surface area contributed by atoms with Crippen LogP contribution in [0.1, 0.15) is 5.56 Å². The zero-order valence-corrected chi connectivity index (χ0v) is 11.4. The Morgan fingerprint density at radius 3 is 2.76 bits per heavy atom. The third-order valence-electron chi connectivity index (χ3n) is 2.12. The van der Waals surface area contributed by atoms with Gasteiger partial charge in [0.25, 0.3) is 0 Å². The van der Waals surface area contributed by atoms with E-state index in [4.69, 9.17) is 22.1 Å². The Morgan fingerprint density at radius 2 is 2.12 bits per heavy atom. The molecule has 0 amide bonds. The van der Waals surface area contributed by atoms with Crippen molar-refractivity contribution in [2.24, 2.45) is 0 Å². The predicted molar refractivity (Wildman–Crippen MR) is 72.6 cm³/mol. The number of halogens is 2.